The van der Waals surface area contributed by atoms with Crippen molar-refractivity contribution in [2.75, 3.05) is 13.2 Å². The number of nitrogens with one attached hydrogen (secondary N) is 1. The van der Waals surface area contributed by atoms with Gasteiger partial charge in [-0.05, 0) is 18.8 Å². The van der Waals surface area contributed by atoms with E-state index in [0.717, 1.165) is 25.7 Å². The monoisotopic (exact) mass is 283 g/mol. The topological polar surface area (TPSA) is 90.9 Å². The number of halogens is 3. The Balaban J connectivity index is 2.60. The summed E-state index contributed by atoms with van der Waals surface area (Å²) in [7, 11) is 0. The standard InChI is InChI=1S/C11H20F3N3O2/c12-11(13,14)8(10(15)17-19)5-16-9-4-2-1-3-7(9)6-18/h7-9,16,18-19H,1-6H2,(H2,15,17). The molecule has 1 rings (SSSR count). The van der Waals surface area contributed by atoms with Gasteiger partial charge in [-0.3, -0.25) is 0 Å². The van der Waals surface area contributed by atoms with Crippen LogP contribution < -0.4 is 11.1 Å². The minimum atomic E-state index is -4.56. The summed E-state index contributed by atoms with van der Waals surface area (Å²) < 4.78 is 38.2. The molecule has 0 bridgehead atoms. The Morgan fingerprint density at radius 1 is 1.37 bits per heavy atom. The molecular weight excluding hydrogens is 263 g/mol. The number of rotatable bonds is 5. The van der Waals surface area contributed by atoms with E-state index in [9.17, 15) is 18.3 Å². The molecule has 0 heterocycles. The average Bonchev–Trinajstić information content (AvgIpc) is 2.37. The summed E-state index contributed by atoms with van der Waals surface area (Å²) in [6, 6.07) is -0.157. The molecule has 0 saturated heterocycles. The first-order valence-corrected chi connectivity index (χ1v) is 6.28. The highest BCUT2D eigenvalue weighted by molar-refractivity contribution is 5.83. The lowest BCUT2D eigenvalue weighted by Crippen LogP contribution is -2.48. The Kier molecular flexibility index (Phi) is 5.86. The van der Waals surface area contributed by atoms with Gasteiger partial charge in [0.2, 0.25) is 0 Å². The maximum absolute atomic E-state index is 12.7. The molecule has 5 nitrogen and oxygen atoms in total. The Labute approximate surface area is 109 Å². The van der Waals surface area contributed by atoms with E-state index in [1.807, 2.05) is 0 Å². The van der Waals surface area contributed by atoms with Crippen LogP contribution in [0, 0.1) is 11.8 Å². The van der Waals surface area contributed by atoms with Gasteiger partial charge in [-0.25, -0.2) is 0 Å². The van der Waals surface area contributed by atoms with E-state index in [1.54, 1.807) is 0 Å². The smallest absolute Gasteiger partial charge is 0.400 e. The molecule has 0 spiro atoms. The first kappa shape index (κ1) is 16.0. The fraction of sp³-hybridized carbons (Fsp3) is 0.909. The normalized spacial score (nSPS) is 27.3. The van der Waals surface area contributed by atoms with E-state index in [1.165, 1.54) is 0 Å². The van der Waals surface area contributed by atoms with Crippen molar-refractivity contribution in [1.82, 2.24) is 5.32 Å². The Bertz CT molecular complexity index is 310. The van der Waals surface area contributed by atoms with Crippen LogP contribution in [0.4, 0.5) is 13.2 Å². The third kappa shape index (κ3) is 4.54. The fourth-order valence-electron chi connectivity index (χ4n) is 2.42. The molecule has 0 aromatic carbocycles. The number of nitrogens with two attached hydrogens (primary N) is 1. The van der Waals surface area contributed by atoms with Gasteiger partial charge in [0, 0.05) is 19.2 Å². The third-order valence-electron chi connectivity index (χ3n) is 3.60. The van der Waals surface area contributed by atoms with Crippen molar-refractivity contribution >= 4 is 5.84 Å². The summed E-state index contributed by atoms with van der Waals surface area (Å²) in [5, 5.41) is 22.8. The predicted molar refractivity (Wildman–Crippen MR) is 63.8 cm³/mol. The molecule has 0 aromatic rings. The maximum atomic E-state index is 12.7. The van der Waals surface area contributed by atoms with Crippen LogP contribution in [0.2, 0.25) is 0 Å². The molecule has 112 valence electrons. The Hall–Kier alpha value is -1.02. The molecule has 8 heteroatoms. The highest BCUT2D eigenvalue weighted by Gasteiger charge is 2.43. The first-order valence-electron chi connectivity index (χ1n) is 6.28. The van der Waals surface area contributed by atoms with Gasteiger partial charge in [0.15, 0.2) is 5.84 Å². The zero-order chi connectivity index (χ0) is 14.5. The van der Waals surface area contributed by atoms with Crippen LogP contribution in [0.25, 0.3) is 0 Å². The summed E-state index contributed by atoms with van der Waals surface area (Å²) >= 11 is 0. The van der Waals surface area contributed by atoms with Crippen molar-refractivity contribution in [2.45, 2.75) is 37.9 Å². The molecule has 0 radical (unpaired) electrons. The van der Waals surface area contributed by atoms with Gasteiger partial charge < -0.3 is 21.4 Å². The molecule has 5 N–H and O–H groups in total. The highest BCUT2D eigenvalue weighted by Crippen LogP contribution is 2.28. The van der Waals surface area contributed by atoms with Gasteiger partial charge in [-0.1, -0.05) is 18.0 Å². The third-order valence-corrected chi connectivity index (χ3v) is 3.60. The number of aliphatic hydroxyl groups excluding tert-OH is 1. The van der Waals surface area contributed by atoms with Gasteiger partial charge in [0.25, 0.3) is 0 Å². The van der Waals surface area contributed by atoms with Crippen molar-refractivity contribution in [3.63, 3.8) is 0 Å². The van der Waals surface area contributed by atoms with Crippen LogP contribution in [0.3, 0.4) is 0 Å². The second kappa shape index (κ2) is 6.95. The maximum Gasteiger partial charge on any atom is 0.400 e. The molecule has 1 saturated carbocycles. The summed E-state index contributed by atoms with van der Waals surface area (Å²) in [6.07, 6.45) is -1.13. The Morgan fingerprint density at radius 3 is 2.53 bits per heavy atom. The highest BCUT2D eigenvalue weighted by atomic mass is 19.4. The van der Waals surface area contributed by atoms with E-state index in [-0.39, 0.29) is 18.6 Å². The van der Waals surface area contributed by atoms with Gasteiger partial charge in [-0.15, -0.1) is 0 Å². The van der Waals surface area contributed by atoms with Crippen LogP contribution in [-0.2, 0) is 0 Å². The van der Waals surface area contributed by atoms with E-state index in [2.05, 4.69) is 10.5 Å². The lowest BCUT2D eigenvalue weighted by molar-refractivity contribution is -0.155. The van der Waals surface area contributed by atoms with Crippen molar-refractivity contribution < 1.29 is 23.5 Å². The lowest BCUT2D eigenvalue weighted by Gasteiger charge is -2.32. The number of alkyl halides is 3. The molecule has 0 amide bonds. The average molecular weight is 283 g/mol. The molecule has 1 aliphatic rings. The molecule has 3 atom stereocenters. The number of aliphatic hydroxyl groups is 1. The van der Waals surface area contributed by atoms with E-state index in [4.69, 9.17) is 10.9 Å². The van der Waals surface area contributed by atoms with Crippen molar-refractivity contribution in [1.29, 1.82) is 0 Å². The van der Waals surface area contributed by atoms with E-state index >= 15 is 0 Å². The first-order chi connectivity index (χ1) is 8.90. The lowest BCUT2D eigenvalue weighted by atomic mass is 9.85. The van der Waals surface area contributed by atoms with Crippen molar-refractivity contribution in [2.24, 2.45) is 22.7 Å². The molecular formula is C11H20F3N3O2. The minimum absolute atomic E-state index is 0.0325. The molecule has 0 aliphatic heterocycles. The number of amidine groups is 1. The van der Waals surface area contributed by atoms with E-state index < -0.39 is 24.5 Å². The largest absolute Gasteiger partial charge is 0.409 e. The van der Waals surface area contributed by atoms with E-state index in [0.29, 0.717) is 0 Å². The number of hydrogen-bond acceptors (Lipinski definition) is 4. The second-order valence-corrected chi connectivity index (χ2v) is 4.86. The van der Waals surface area contributed by atoms with Gasteiger partial charge >= 0.3 is 6.18 Å². The molecule has 3 unspecified atom stereocenters. The number of hydrogen-bond donors (Lipinski definition) is 4. The van der Waals surface area contributed by atoms with Gasteiger partial charge in [-0.2, -0.15) is 13.2 Å². The van der Waals surface area contributed by atoms with Crippen molar-refractivity contribution in [3.05, 3.63) is 0 Å². The van der Waals surface area contributed by atoms with Gasteiger partial charge in [0.05, 0.1) is 0 Å². The zero-order valence-corrected chi connectivity index (χ0v) is 10.5. The van der Waals surface area contributed by atoms with Crippen LogP contribution in [0.5, 0.6) is 0 Å². The van der Waals surface area contributed by atoms with Crippen LogP contribution >= 0.6 is 0 Å². The second-order valence-electron chi connectivity index (χ2n) is 4.86. The summed E-state index contributed by atoms with van der Waals surface area (Å²) in [5.41, 5.74) is 5.08. The number of nitrogens with zero attached hydrogens (tertiary/aromatic N) is 1. The van der Waals surface area contributed by atoms with Crippen molar-refractivity contribution in [3.8, 4) is 0 Å². The van der Waals surface area contributed by atoms with Gasteiger partial charge in [0.1, 0.15) is 5.92 Å². The summed E-state index contributed by atoms with van der Waals surface area (Å²) in [4.78, 5) is 0. The fourth-order valence-corrected chi connectivity index (χ4v) is 2.42. The number of oxime groups is 1. The molecule has 1 fully saturated rings. The summed E-state index contributed by atoms with van der Waals surface area (Å²) in [6.45, 7) is -0.488. The summed E-state index contributed by atoms with van der Waals surface area (Å²) in [5.74, 6) is -2.90. The molecule has 19 heavy (non-hydrogen) atoms. The zero-order valence-electron chi connectivity index (χ0n) is 10.5. The predicted octanol–water partition coefficient (Wildman–Crippen LogP) is 1.05. The SMILES string of the molecule is NC(=NO)C(CNC1CCCCC1CO)C(F)(F)F. The molecule has 1 aliphatic carbocycles. The minimum Gasteiger partial charge on any atom is -0.409 e. The van der Waals surface area contributed by atoms with Crippen LogP contribution in [0.15, 0.2) is 5.16 Å². The quantitative estimate of drug-likeness (QED) is 0.263. The van der Waals surface area contributed by atoms with Crippen LogP contribution in [-0.4, -0.2) is 41.5 Å². The Morgan fingerprint density at radius 2 is 2.00 bits per heavy atom. The molecule has 0 aromatic heterocycles. The van der Waals surface area contributed by atoms with Crippen LogP contribution in [0.1, 0.15) is 25.7 Å².